The van der Waals surface area contributed by atoms with E-state index < -0.39 is 0 Å². The van der Waals surface area contributed by atoms with E-state index in [1.807, 2.05) is 6.26 Å². The van der Waals surface area contributed by atoms with E-state index in [0.29, 0.717) is 0 Å². The fourth-order valence-corrected chi connectivity index (χ4v) is 6.82. The van der Waals surface area contributed by atoms with Crippen molar-refractivity contribution in [3.63, 3.8) is 0 Å². The average Bonchev–Trinajstić information content (AvgIpc) is 2.42. The number of rotatable bonds is 5. The third-order valence-electron chi connectivity index (χ3n) is 8.33. The summed E-state index contributed by atoms with van der Waals surface area (Å²) in [5, 5.41) is 0. The van der Waals surface area contributed by atoms with Crippen LogP contribution in [0.3, 0.4) is 0 Å². The molecule has 0 amide bonds. The summed E-state index contributed by atoms with van der Waals surface area (Å²) in [6.07, 6.45) is 14.8. The summed E-state index contributed by atoms with van der Waals surface area (Å²) in [5.41, 5.74) is 0. The van der Waals surface area contributed by atoms with Gasteiger partial charge in [-0.25, -0.2) is 0 Å². The molecule has 0 heterocycles. The molecule has 0 saturated heterocycles. The van der Waals surface area contributed by atoms with Gasteiger partial charge in [0, 0.05) is 0 Å². The summed E-state index contributed by atoms with van der Waals surface area (Å²) in [7, 11) is 1.78. The summed E-state index contributed by atoms with van der Waals surface area (Å²) in [6, 6.07) is 0. The smallest absolute Gasteiger partial charge is 0.150 e. The van der Waals surface area contributed by atoms with Gasteiger partial charge >= 0.3 is 0 Å². The lowest BCUT2D eigenvalue weighted by molar-refractivity contribution is 0.0447. The highest BCUT2D eigenvalue weighted by atomic mass is 16.5. The van der Waals surface area contributed by atoms with Crippen LogP contribution in [0.4, 0.5) is 0 Å². The van der Waals surface area contributed by atoms with Crippen LogP contribution < -0.4 is 0 Å². The normalized spacial score (nSPS) is 49.4. The van der Waals surface area contributed by atoms with Crippen LogP contribution in [0, 0.1) is 35.5 Å². The third-order valence-corrected chi connectivity index (χ3v) is 8.33. The van der Waals surface area contributed by atoms with Gasteiger partial charge in [0.25, 0.3) is 0 Å². The molecule has 6 fully saturated rings. The Bertz CT molecular complexity index is 389. The Morgan fingerprint density at radius 2 is 1.36 bits per heavy atom. The number of fused-ring (bicyclic) bond motifs is 4. The average molecular weight is 300 g/mol. The van der Waals surface area contributed by atoms with Crippen LogP contribution in [0.1, 0.15) is 52.4 Å². The highest BCUT2D eigenvalue weighted by molar-refractivity contribution is 6.62. The molecule has 0 aliphatic heterocycles. The van der Waals surface area contributed by atoms with Gasteiger partial charge in [0.1, 0.15) is 0 Å². The molecule has 6 saturated carbocycles. The van der Waals surface area contributed by atoms with Crippen LogP contribution in [0.5, 0.6) is 0 Å². The predicted octanol–water partition coefficient (Wildman–Crippen LogP) is 5.51. The third kappa shape index (κ3) is 2.45. The largest absolute Gasteiger partial charge is 0.505 e. The maximum Gasteiger partial charge on any atom is 0.150 e. The highest BCUT2D eigenvalue weighted by Crippen LogP contribution is 2.61. The lowest BCUT2D eigenvalue weighted by atomic mass is 9.23. The van der Waals surface area contributed by atoms with Crippen molar-refractivity contribution in [2.45, 2.75) is 70.3 Å². The highest BCUT2D eigenvalue weighted by Gasteiger charge is 2.52. The van der Waals surface area contributed by atoms with E-state index in [0.717, 1.165) is 53.9 Å². The Hall–Kier alpha value is -0.395. The van der Waals surface area contributed by atoms with E-state index >= 15 is 0 Å². The number of allylic oxidation sites excluding steroid dienone is 1. The van der Waals surface area contributed by atoms with Crippen molar-refractivity contribution >= 4 is 6.71 Å². The van der Waals surface area contributed by atoms with Gasteiger partial charge in [-0.15, -0.1) is 0 Å². The number of hydrogen-bond donors (Lipinski definition) is 0. The molecule has 0 N–H and O–H groups in total. The van der Waals surface area contributed by atoms with Crippen LogP contribution in [-0.4, -0.2) is 13.8 Å². The SMILES string of the molecule is CO/C=C/CB([C@H]1CC2CC(C2)[C@@H]1C)[C@H]1CC2CC(C2)[C@@H]1C. The monoisotopic (exact) mass is 300 g/mol. The molecule has 4 atom stereocenters. The second kappa shape index (κ2) is 5.91. The summed E-state index contributed by atoms with van der Waals surface area (Å²) in [4.78, 5) is 0. The Labute approximate surface area is 137 Å². The van der Waals surface area contributed by atoms with E-state index in [-0.39, 0.29) is 0 Å². The van der Waals surface area contributed by atoms with Crippen LogP contribution in [-0.2, 0) is 4.74 Å². The Morgan fingerprint density at radius 1 is 0.864 bits per heavy atom. The minimum Gasteiger partial charge on any atom is -0.505 e. The molecule has 1 nitrogen and oxygen atoms in total. The molecule has 0 unspecified atom stereocenters. The molecule has 6 aliphatic rings. The van der Waals surface area contributed by atoms with Gasteiger partial charge in [-0.3, -0.25) is 0 Å². The first-order valence-electron chi connectivity index (χ1n) is 9.85. The molecular formula is C20H33BO. The van der Waals surface area contributed by atoms with Crippen LogP contribution in [0.2, 0.25) is 18.0 Å². The zero-order chi connectivity index (χ0) is 15.3. The predicted molar refractivity (Wildman–Crippen MR) is 94.2 cm³/mol. The van der Waals surface area contributed by atoms with Crippen molar-refractivity contribution in [1.29, 1.82) is 0 Å². The molecule has 6 rings (SSSR count). The summed E-state index contributed by atoms with van der Waals surface area (Å²) >= 11 is 0. The molecule has 2 heteroatoms. The van der Waals surface area contributed by atoms with Gasteiger partial charge in [-0.05, 0) is 61.2 Å². The maximum absolute atomic E-state index is 5.20. The number of hydrogen-bond acceptors (Lipinski definition) is 1. The van der Waals surface area contributed by atoms with Gasteiger partial charge in [0.05, 0.1) is 13.4 Å². The first kappa shape index (κ1) is 15.2. The minimum absolute atomic E-state index is 0.924. The molecule has 22 heavy (non-hydrogen) atoms. The van der Waals surface area contributed by atoms with Crippen molar-refractivity contribution in [2.24, 2.45) is 35.5 Å². The fourth-order valence-electron chi connectivity index (χ4n) is 6.82. The van der Waals surface area contributed by atoms with Gasteiger partial charge < -0.3 is 4.74 Å². The first-order valence-corrected chi connectivity index (χ1v) is 9.85. The van der Waals surface area contributed by atoms with Crippen molar-refractivity contribution in [3.05, 3.63) is 12.3 Å². The second-order valence-corrected chi connectivity index (χ2v) is 9.22. The van der Waals surface area contributed by atoms with Crippen LogP contribution in [0.25, 0.3) is 0 Å². The molecular weight excluding hydrogens is 267 g/mol. The zero-order valence-electron chi connectivity index (χ0n) is 14.7. The maximum atomic E-state index is 5.20. The number of ether oxygens (including phenoxy) is 1. The molecule has 4 bridgehead atoms. The second-order valence-electron chi connectivity index (χ2n) is 9.22. The van der Waals surface area contributed by atoms with E-state index in [4.69, 9.17) is 4.74 Å². The van der Waals surface area contributed by atoms with Crippen molar-refractivity contribution in [2.75, 3.05) is 7.11 Å². The van der Waals surface area contributed by atoms with Crippen molar-refractivity contribution in [1.82, 2.24) is 0 Å². The zero-order valence-corrected chi connectivity index (χ0v) is 14.7. The quantitative estimate of drug-likeness (QED) is 0.480. The van der Waals surface area contributed by atoms with E-state index in [9.17, 15) is 0 Å². The van der Waals surface area contributed by atoms with Gasteiger partial charge in [-0.1, -0.05) is 50.7 Å². The first-order chi connectivity index (χ1) is 10.7. The molecule has 0 aromatic carbocycles. The Balaban J connectivity index is 1.51. The molecule has 0 radical (unpaired) electrons. The number of methoxy groups -OCH3 is 1. The van der Waals surface area contributed by atoms with Crippen molar-refractivity contribution < 1.29 is 4.74 Å². The standard InChI is InChI=1S/C20H33BO/c1-13-17-7-15(8-17)11-19(13)21(5-4-6-22-3)20-12-16-9-18(10-16)14(20)2/h4,6,13-20H,5,7-12H2,1-3H3/b6-4+/t13-,14-,15?,16?,17?,18?,19-,20-/m0/s1. The summed E-state index contributed by atoms with van der Waals surface area (Å²) < 4.78 is 5.20. The summed E-state index contributed by atoms with van der Waals surface area (Å²) in [6.45, 7) is 6.07. The molecule has 0 aromatic heterocycles. The molecule has 6 aliphatic carbocycles. The molecule has 0 aromatic rings. The van der Waals surface area contributed by atoms with E-state index in [2.05, 4.69) is 19.9 Å². The lowest BCUT2D eigenvalue weighted by Crippen LogP contribution is -2.49. The molecule has 0 spiro atoms. The van der Waals surface area contributed by atoms with Crippen molar-refractivity contribution in [3.8, 4) is 0 Å². The van der Waals surface area contributed by atoms with Gasteiger partial charge in [-0.2, -0.15) is 0 Å². The van der Waals surface area contributed by atoms with Gasteiger partial charge in [0.15, 0.2) is 6.71 Å². The lowest BCUT2D eigenvalue weighted by Gasteiger charge is -2.57. The topological polar surface area (TPSA) is 9.23 Å². The van der Waals surface area contributed by atoms with Crippen LogP contribution >= 0.6 is 0 Å². The van der Waals surface area contributed by atoms with Crippen LogP contribution in [0.15, 0.2) is 12.3 Å². The van der Waals surface area contributed by atoms with E-state index in [1.165, 1.54) is 19.2 Å². The summed E-state index contributed by atoms with van der Waals surface area (Å²) in [5.74, 6) is 8.19. The molecule has 122 valence electrons. The van der Waals surface area contributed by atoms with Gasteiger partial charge in [0.2, 0.25) is 0 Å². The Morgan fingerprint density at radius 3 is 1.77 bits per heavy atom. The Kier molecular flexibility index (Phi) is 4.07. The fraction of sp³-hybridized carbons (Fsp3) is 0.900. The van der Waals surface area contributed by atoms with E-state index in [1.54, 1.807) is 32.8 Å². The minimum atomic E-state index is 0.924.